The number of ether oxygens (including phenoxy) is 2. The van der Waals surface area contributed by atoms with Gasteiger partial charge in [-0.05, 0) is 24.3 Å². The highest BCUT2D eigenvalue weighted by Gasteiger charge is 2.10. The number of rotatable bonds is 3. The molecule has 0 aliphatic rings. The lowest BCUT2D eigenvalue weighted by Gasteiger charge is -2.06. The Kier molecular flexibility index (Phi) is 3.24. The number of hydrogen-bond donors (Lipinski definition) is 1. The first-order valence-electron chi connectivity index (χ1n) is 6.09. The van der Waals surface area contributed by atoms with E-state index in [0.717, 1.165) is 22.4 Å². The number of fused-ring (bicyclic) bond motifs is 1. The second-order valence-corrected chi connectivity index (χ2v) is 4.73. The third-order valence-electron chi connectivity index (χ3n) is 3.09. The van der Waals surface area contributed by atoms with E-state index in [1.165, 1.54) is 0 Å². The largest absolute Gasteiger partial charge is 0.497 e. The molecule has 0 bridgehead atoms. The van der Waals surface area contributed by atoms with Crippen molar-refractivity contribution in [3.63, 3.8) is 0 Å². The van der Waals surface area contributed by atoms with Crippen molar-refractivity contribution in [2.75, 3.05) is 14.2 Å². The second kappa shape index (κ2) is 5.06. The van der Waals surface area contributed by atoms with E-state index < -0.39 is 0 Å². The molecule has 1 heterocycles. The van der Waals surface area contributed by atoms with Gasteiger partial charge in [-0.25, -0.2) is 4.98 Å². The number of halogens is 1. The van der Waals surface area contributed by atoms with Crippen LogP contribution in [0.15, 0.2) is 36.4 Å². The highest BCUT2D eigenvalue weighted by molar-refractivity contribution is 6.35. The minimum atomic E-state index is 0.625. The standard InChI is InChI=1S/C15H13ClN2O2/c1-19-10-6-9(7-11(8-10)20-2)15-17-13-5-3-4-12(16)14(13)18-15/h3-8H,1-2H3,(H,17,18). The number of hydrogen-bond acceptors (Lipinski definition) is 3. The zero-order chi connectivity index (χ0) is 14.1. The van der Waals surface area contributed by atoms with Crippen LogP contribution in [0.3, 0.4) is 0 Å². The highest BCUT2D eigenvalue weighted by atomic mass is 35.5. The molecule has 0 aliphatic carbocycles. The maximum Gasteiger partial charge on any atom is 0.138 e. The maximum absolute atomic E-state index is 6.14. The Balaban J connectivity index is 2.17. The summed E-state index contributed by atoms with van der Waals surface area (Å²) in [6, 6.07) is 11.3. The molecule has 0 radical (unpaired) electrons. The van der Waals surface area contributed by atoms with Crippen LogP contribution in [-0.4, -0.2) is 24.2 Å². The van der Waals surface area contributed by atoms with Crippen LogP contribution >= 0.6 is 11.6 Å². The van der Waals surface area contributed by atoms with Crippen molar-refractivity contribution in [3.8, 4) is 22.9 Å². The number of methoxy groups -OCH3 is 2. The number of benzene rings is 2. The van der Waals surface area contributed by atoms with E-state index in [1.54, 1.807) is 14.2 Å². The van der Waals surface area contributed by atoms with E-state index in [4.69, 9.17) is 21.1 Å². The number of nitrogens with one attached hydrogen (secondary N) is 1. The Labute approximate surface area is 121 Å². The molecule has 1 N–H and O–H groups in total. The van der Waals surface area contributed by atoms with Gasteiger partial charge in [-0.2, -0.15) is 0 Å². The lowest BCUT2D eigenvalue weighted by Crippen LogP contribution is -1.89. The van der Waals surface area contributed by atoms with Gasteiger partial charge in [0.15, 0.2) is 0 Å². The number of imidazole rings is 1. The number of aromatic nitrogens is 2. The lowest BCUT2D eigenvalue weighted by molar-refractivity contribution is 0.394. The van der Waals surface area contributed by atoms with Crippen molar-refractivity contribution in [1.29, 1.82) is 0 Å². The summed E-state index contributed by atoms with van der Waals surface area (Å²) >= 11 is 6.14. The smallest absolute Gasteiger partial charge is 0.138 e. The SMILES string of the molecule is COc1cc(OC)cc(-c2nc3c(Cl)cccc3[nH]2)c1. The zero-order valence-electron chi connectivity index (χ0n) is 11.1. The first-order chi connectivity index (χ1) is 9.71. The molecule has 4 nitrogen and oxygen atoms in total. The monoisotopic (exact) mass is 288 g/mol. The fraction of sp³-hybridized carbons (Fsp3) is 0.133. The molecule has 0 spiro atoms. The number of para-hydroxylation sites is 1. The topological polar surface area (TPSA) is 47.1 Å². The average Bonchev–Trinajstić information content (AvgIpc) is 2.92. The first kappa shape index (κ1) is 12.8. The summed E-state index contributed by atoms with van der Waals surface area (Å²) in [6.45, 7) is 0. The van der Waals surface area contributed by atoms with Gasteiger partial charge in [0, 0.05) is 11.6 Å². The molecule has 102 valence electrons. The quantitative estimate of drug-likeness (QED) is 0.795. The molecule has 2 aromatic carbocycles. The van der Waals surface area contributed by atoms with E-state index in [2.05, 4.69) is 9.97 Å². The fourth-order valence-electron chi connectivity index (χ4n) is 2.08. The number of nitrogens with zero attached hydrogens (tertiary/aromatic N) is 1. The third-order valence-corrected chi connectivity index (χ3v) is 3.39. The van der Waals surface area contributed by atoms with Crippen LogP contribution in [-0.2, 0) is 0 Å². The van der Waals surface area contributed by atoms with Crippen molar-refractivity contribution in [1.82, 2.24) is 9.97 Å². The maximum atomic E-state index is 6.14. The Morgan fingerprint density at radius 3 is 2.35 bits per heavy atom. The molecule has 0 fully saturated rings. The first-order valence-corrected chi connectivity index (χ1v) is 6.46. The molecule has 0 unspecified atom stereocenters. The molecular formula is C15H13ClN2O2. The van der Waals surface area contributed by atoms with Gasteiger partial charge < -0.3 is 14.5 Å². The lowest BCUT2D eigenvalue weighted by atomic mass is 10.2. The third kappa shape index (κ3) is 2.18. The summed E-state index contributed by atoms with van der Waals surface area (Å²) in [5.41, 5.74) is 2.54. The summed E-state index contributed by atoms with van der Waals surface area (Å²) in [7, 11) is 3.24. The highest BCUT2D eigenvalue weighted by Crippen LogP contribution is 2.30. The van der Waals surface area contributed by atoms with Crippen molar-refractivity contribution >= 4 is 22.6 Å². The van der Waals surface area contributed by atoms with Crippen molar-refractivity contribution in [3.05, 3.63) is 41.4 Å². The zero-order valence-corrected chi connectivity index (χ0v) is 11.9. The van der Waals surface area contributed by atoms with Gasteiger partial charge in [-0.3, -0.25) is 0 Å². The van der Waals surface area contributed by atoms with Crippen LogP contribution < -0.4 is 9.47 Å². The van der Waals surface area contributed by atoms with Gasteiger partial charge in [-0.15, -0.1) is 0 Å². The van der Waals surface area contributed by atoms with Gasteiger partial charge in [0.05, 0.1) is 24.8 Å². The molecule has 0 saturated heterocycles. The Morgan fingerprint density at radius 1 is 1.05 bits per heavy atom. The minimum Gasteiger partial charge on any atom is -0.497 e. The van der Waals surface area contributed by atoms with E-state index in [9.17, 15) is 0 Å². The molecule has 0 aliphatic heterocycles. The number of aromatic amines is 1. The fourth-order valence-corrected chi connectivity index (χ4v) is 2.29. The average molecular weight is 289 g/mol. The molecule has 1 aromatic heterocycles. The summed E-state index contributed by atoms with van der Waals surface area (Å²) in [5.74, 6) is 2.15. The Bertz CT molecular complexity index is 745. The Morgan fingerprint density at radius 2 is 1.75 bits per heavy atom. The van der Waals surface area contributed by atoms with E-state index in [1.807, 2.05) is 36.4 Å². The molecule has 3 rings (SSSR count). The van der Waals surface area contributed by atoms with E-state index in [-0.39, 0.29) is 0 Å². The van der Waals surface area contributed by atoms with Crippen molar-refractivity contribution in [2.24, 2.45) is 0 Å². The Hall–Kier alpha value is -2.20. The molecule has 20 heavy (non-hydrogen) atoms. The van der Waals surface area contributed by atoms with Gasteiger partial charge in [0.2, 0.25) is 0 Å². The second-order valence-electron chi connectivity index (χ2n) is 4.32. The van der Waals surface area contributed by atoms with Crippen LogP contribution in [0.1, 0.15) is 0 Å². The summed E-state index contributed by atoms with van der Waals surface area (Å²) in [6.07, 6.45) is 0. The summed E-state index contributed by atoms with van der Waals surface area (Å²) in [4.78, 5) is 7.78. The van der Waals surface area contributed by atoms with Crippen LogP contribution in [0, 0.1) is 0 Å². The van der Waals surface area contributed by atoms with Crippen molar-refractivity contribution in [2.45, 2.75) is 0 Å². The predicted molar refractivity (Wildman–Crippen MR) is 79.6 cm³/mol. The normalized spacial score (nSPS) is 10.8. The molecule has 0 saturated carbocycles. The van der Waals surface area contributed by atoms with Gasteiger partial charge in [-0.1, -0.05) is 17.7 Å². The van der Waals surface area contributed by atoms with Crippen LogP contribution in [0.2, 0.25) is 5.02 Å². The molecule has 0 atom stereocenters. The predicted octanol–water partition coefficient (Wildman–Crippen LogP) is 3.90. The van der Waals surface area contributed by atoms with Crippen molar-refractivity contribution < 1.29 is 9.47 Å². The summed E-state index contributed by atoms with van der Waals surface area (Å²) < 4.78 is 10.5. The van der Waals surface area contributed by atoms with Crippen LogP contribution in [0.25, 0.3) is 22.4 Å². The van der Waals surface area contributed by atoms with Crippen LogP contribution in [0.4, 0.5) is 0 Å². The molecule has 5 heteroatoms. The summed E-state index contributed by atoms with van der Waals surface area (Å²) in [5, 5.41) is 0.625. The minimum absolute atomic E-state index is 0.625. The van der Waals surface area contributed by atoms with E-state index in [0.29, 0.717) is 16.5 Å². The number of H-pyrrole nitrogens is 1. The molecule has 3 aromatic rings. The van der Waals surface area contributed by atoms with E-state index >= 15 is 0 Å². The van der Waals surface area contributed by atoms with Gasteiger partial charge in [0.1, 0.15) is 22.8 Å². The van der Waals surface area contributed by atoms with Gasteiger partial charge in [0.25, 0.3) is 0 Å². The molecular weight excluding hydrogens is 276 g/mol. The molecule has 0 amide bonds. The van der Waals surface area contributed by atoms with Crippen LogP contribution in [0.5, 0.6) is 11.5 Å². The van der Waals surface area contributed by atoms with Gasteiger partial charge >= 0.3 is 0 Å².